The van der Waals surface area contributed by atoms with Gasteiger partial charge >= 0.3 is 0 Å². The predicted molar refractivity (Wildman–Crippen MR) is 64.7 cm³/mol. The SMILES string of the molecule is CC1=NCC(C)(c2ccc(N)cc2)C=N1. The molecule has 1 aliphatic rings. The number of nitrogen functional groups attached to an aromatic ring is 1. The van der Waals surface area contributed by atoms with E-state index in [-0.39, 0.29) is 5.41 Å². The lowest BCUT2D eigenvalue weighted by molar-refractivity contribution is 0.657. The fourth-order valence-corrected chi connectivity index (χ4v) is 1.63. The zero-order valence-corrected chi connectivity index (χ0v) is 9.07. The molecule has 0 spiro atoms. The standard InChI is InChI=1S/C12H15N3/c1-9-14-7-12(2,8-15-9)10-3-5-11(13)6-4-10/h3-7H,8,13H2,1-2H3. The Balaban J connectivity index is 2.32. The number of rotatable bonds is 1. The Hall–Kier alpha value is -1.64. The van der Waals surface area contributed by atoms with Gasteiger partial charge in [-0.3, -0.25) is 4.99 Å². The zero-order valence-electron chi connectivity index (χ0n) is 9.07. The van der Waals surface area contributed by atoms with E-state index in [9.17, 15) is 0 Å². The molecule has 3 nitrogen and oxygen atoms in total. The molecule has 0 bridgehead atoms. The van der Waals surface area contributed by atoms with Gasteiger partial charge in [-0.05, 0) is 31.5 Å². The Morgan fingerprint density at radius 2 is 1.93 bits per heavy atom. The summed E-state index contributed by atoms with van der Waals surface area (Å²) in [6.07, 6.45) is 1.97. The summed E-state index contributed by atoms with van der Waals surface area (Å²) in [5.41, 5.74) is 7.56. The minimum absolute atomic E-state index is 0.0901. The molecule has 0 radical (unpaired) electrons. The minimum atomic E-state index is -0.0901. The summed E-state index contributed by atoms with van der Waals surface area (Å²) in [6.45, 7) is 4.81. The molecule has 1 aromatic rings. The Labute approximate surface area is 89.7 Å². The molecule has 1 aliphatic heterocycles. The summed E-state index contributed by atoms with van der Waals surface area (Å²) >= 11 is 0. The summed E-state index contributed by atoms with van der Waals surface area (Å²) < 4.78 is 0. The molecule has 1 unspecified atom stereocenters. The Morgan fingerprint density at radius 1 is 1.27 bits per heavy atom. The van der Waals surface area contributed by atoms with Crippen LogP contribution < -0.4 is 5.73 Å². The molecule has 2 rings (SSSR count). The highest BCUT2D eigenvalue weighted by Gasteiger charge is 2.26. The third-order valence-corrected chi connectivity index (χ3v) is 2.74. The van der Waals surface area contributed by atoms with Crippen LogP contribution in [0.2, 0.25) is 0 Å². The third kappa shape index (κ3) is 1.91. The molecular weight excluding hydrogens is 186 g/mol. The molecule has 15 heavy (non-hydrogen) atoms. The Bertz CT molecular complexity index is 417. The molecule has 3 heteroatoms. The second-order valence-corrected chi connectivity index (χ2v) is 4.16. The van der Waals surface area contributed by atoms with E-state index in [2.05, 4.69) is 16.9 Å². The van der Waals surface area contributed by atoms with Gasteiger partial charge in [-0.2, -0.15) is 0 Å². The van der Waals surface area contributed by atoms with Crippen molar-refractivity contribution in [1.29, 1.82) is 0 Å². The van der Waals surface area contributed by atoms with Crippen LogP contribution in [0.3, 0.4) is 0 Å². The second-order valence-electron chi connectivity index (χ2n) is 4.16. The van der Waals surface area contributed by atoms with Crippen molar-refractivity contribution in [2.24, 2.45) is 9.98 Å². The van der Waals surface area contributed by atoms with Gasteiger partial charge in [-0.1, -0.05) is 12.1 Å². The first-order valence-corrected chi connectivity index (χ1v) is 5.02. The van der Waals surface area contributed by atoms with Gasteiger partial charge in [0.1, 0.15) is 5.84 Å². The van der Waals surface area contributed by atoms with Gasteiger partial charge in [-0.15, -0.1) is 0 Å². The Kier molecular flexibility index (Phi) is 2.31. The van der Waals surface area contributed by atoms with E-state index in [1.165, 1.54) is 5.56 Å². The summed E-state index contributed by atoms with van der Waals surface area (Å²) in [6, 6.07) is 7.91. The molecule has 0 aliphatic carbocycles. The topological polar surface area (TPSA) is 50.7 Å². The van der Waals surface area contributed by atoms with Crippen molar-refractivity contribution < 1.29 is 0 Å². The van der Waals surface area contributed by atoms with Crippen LogP contribution in [0.4, 0.5) is 5.69 Å². The lowest BCUT2D eigenvalue weighted by Gasteiger charge is -2.26. The van der Waals surface area contributed by atoms with Crippen LogP contribution >= 0.6 is 0 Å². The Morgan fingerprint density at radius 3 is 2.47 bits per heavy atom. The van der Waals surface area contributed by atoms with Crippen molar-refractivity contribution in [3.8, 4) is 0 Å². The molecule has 0 saturated heterocycles. The summed E-state index contributed by atoms with van der Waals surface area (Å²) in [5, 5.41) is 0. The molecular formula is C12H15N3. The van der Waals surface area contributed by atoms with Gasteiger partial charge in [0.25, 0.3) is 0 Å². The van der Waals surface area contributed by atoms with Gasteiger partial charge in [0.2, 0.25) is 0 Å². The number of benzene rings is 1. The number of hydrogen-bond donors (Lipinski definition) is 1. The monoisotopic (exact) mass is 201 g/mol. The van der Waals surface area contributed by atoms with Gasteiger partial charge in [0.05, 0.1) is 6.54 Å². The number of nitrogens with two attached hydrogens (primary N) is 1. The molecule has 0 amide bonds. The smallest absolute Gasteiger partial charge is 0.119 e. The summed E-state index contributed by atoms with van der Waals surface area (Å²) in [4.78, 5) is 8.64. The van der Waals surface area contributed by atoms with E-state index in [0.29, 0.717) is 0 Å². The fourth-order valence-electron chi connectivity index (χ4n) is 1.63. The van der Waals surface area contributed by atoms with Crippen molar-refractivity contribution in [3.63, 3.8) is 0 Å². The van der Waals surface area contributed by atoms with E-state index in [1.807, 2.05) is 37.4 Å². The van der Waals surface area contributed by atoms with Crippen LogP contribution in [0.25, 0.3) is 0 Å². The van der Waals surface area contributed by atoms with E-state index in [0.717, 1.165) is 18.1 Å². The van der Waals surface area contributed by atoms with Gasteiger partial charge in [0.15, 0.2) is 0 Å². The maximum atomic E-state index is 5.66. The molecule has 0 fully saturated rings. The molecule has 0 saturated carbocycles. The van der Waals surface area contributed by atoms with Crippen LogP contribution in [-0.2, 0) is 5.41 Å². The zero-order chi connectivity index (χ0) is 10.9. The van der Waals surface area contributed by atoms with E-state index >= 15 is 0 Å². The molecule has 1 atom stereocenters. The van der Waals surface area contributed by atoms with E-state index in [4.69, 9.17) is 5.73 Å². The first-order valence-electron chi connectivity index (χ1n) is 5.02. The highest BCUT2D eigenvalue weighted by atomic mass is 14.9. The highest BCUT2D eigenvalue weighted by molar-refractivity contribution is 5.93. The van der Waals surface area contributed by atoms with Gasteiger partial charge in [0, 0.05) is 17.3 Å². The lowest BCUT2D eigenvalue weighted by atomic mass is 9.83. The molecule has 1 heterocycles. The largest absolute Gasteiger partial charge is 0.399 e. The van der Waals surface area contributed by atoms with Gasteiger partial charge in [-0.25, -0.2) is 4.99 Å². The van der Waals surface area contributed by atoms with Crippen molar-refractivity contribution in [2.75, 3.05) is 12.3 Å². The quantitative estimate of drug-likeness (QED) is 0.694. The molecule has 78 valence electrons. The van der Waals surface area contributed by atoms with Gasteiger partial charge < -0.3 is 5.73 Å². The number of amidine groups is 1. The van der Waals surface area contributed by atoms with Crippen LogP contribution in [0.5, 0.6) is 0 Å². The fraction of sp³-hybridized carbons (Fsp3) is 0.333. The maximum Gasteiger partial charge on any atom is 0.119 e. The average Bonchev–Trinajstić information content (AvgIpc) is 2.24. The van der Waals surface area contributed by atoms with Crippen LogP contribution in [0, 0.1) is 0 Å². The predicted octanol–water partition coefficient (Wildman–Crippen LogP) is 2.03. The highest BCUT2D eigenvalue weighted by Crippen LogP contribution is 2.25. The van der Waals surface area contributed by atoms with Crippen molar-refractivity contribution in [3.05, 3.63) is 29.8 Å². The van der Waals surface area contributed by atoms with Crippen molar-refractivity contribution in [1.82, 2.24) is 0 Å². The van der Waals surface area contributed by atoms with Crippen molar-refractivity contribution in [2.45, 2.75) is 19.3 Å². The van der Waals surface area contributed by atoms with E-state index < -0.39 is 0 Å². The molecule has 0 aromatic heterocycles. The third-order valence-electron chi connectivity index (χ3n) is 2.74. The average molecular weight is 201 g/mol. The lowest BCUT2D eigenvalue weighted by Crippen LogP contribution is -2.30. The minimum Gasteiger partial charge on any atom is -0.399 e. The number of nitrogens with zero attached hydrogens (tertiary/aromatic N) is 2. The number of anilines is 1. The second kappa shape index (κ2) is 3.50. The van der Waals surface area contributed by atoms with Crippen LogP contribution in [0.1, 0.15) is 19.4 Å². The molecule has 1 aromatic carbocycles. The van der Waals surface area contributed by atoms with E-state index in [1.54, 1.807) is 0 Å². The van der Waals surface area contributed by atoms with Crippen LogP contribution in [0.15, 0.2) is 34.3 Å². The summed E-state index contributed by atoms with van der Waals surface area (Å²) in [5.74, 6) is 0.850. The number of aliphatic imine (C=N–C) groups is 2. The number of hydrogen-bond acceptors (Lipinski definition) is 3. The maximum absolute atomic E-state index is 5.66. The first kappa shape index (κ1) is 9.90. The first-order chi connectivity index (χ1) is 7.10. The normalized spacial score (nSPS) is 25.1. The molecule has 2 N–H and O–H groups in total. The summed E-state index contributed by atoms with van der Waals surface area (Å²) in [7, 11) is 0. The van der Waals surface area contributed by atoms with Crippen molar-refractivity contribution >= 4 is 17.7 Å². The van der Waals surface area contributed by atoms with Crippen LogP contribution in [-0.4, -0.2) is 18.6 Å².